The third-order valence-corrected chi connectivity index (χ3v) is 3.92. The quantitative estimate of drug-likeness (QED) is 0.456. The maximum atomic E-state index is 13.6. The lowest BCUT2D eigenvalue weighted by atomic mass is 9.83. The Balaban J connectivity index is 2.62. The number of alkyl halides is 3. The van der Waals surface area contributed by atoms with Gasteiger partial charge in [-0.25, -0.2) is 4.79 Å². The van der Waals surface area contributed by atoms with Gasteiger partial charge in [0.25, 0.3) is 5.72 Å². The van der Waals surface area contributed by atoms with Crippen molar-refractivity contribution in [3.8, 4) is 0 Å². The molecule has 2 N–H and O–H groups in total. The predicted octanol–water partition coefficient (Wildman–Crippen LogP) is 1.31. The number of furan rings is 1. The van der Waals surface area contributed by atoms with Gasteiger partial charge in [0.05, 0.1) is 12.7 Å². The van der Waals surface area contributed by atoms with Crippen molar-refractivity contribution < 1.29 is 41.9 Å². The van der Waals surface area contributed by atoms with Crippen LogP contribution >= 0.6 is 0 Å². The molecule has 144 valence electrons. The van der Waals surface area contributed by atoms with Gasteiger partial charge in [-0.05, 0) is 13.0 Å². The highest BCUT2D eigenvalue weighted by atomic mass is 19.4. The van der Waals surface area contributed by atoms with Crippen LogP contribution in [0.4, 0.5) is 23.8 Å². The molecule has 0 aromatic carbocycles. The minimum absolute atomic E-state index is 0.0809. The van der Waals surface area contributed by atoms with E-state index in [0.29, 0.717) is 7.05 Å². The van der Waals surface area contributed by atoms with Crippen molar-refractivity contribution in [2.45, 2.75) is 24.9 Å². The van der Waals surface area contributed by atoms with E-state index in [4.69, 9.17) is 4.42 Å². The number of urea groups is 1. The van der Waals surface area contributed by atoms with Crippen LogP contribution < -0.4 is 5.32 Å². The zero-order chi connectivity index (χ0) is 19.9. The molecule has 2 rings (SSSR count). The number of ether oxygens (including phenoxy) is 1. The van der Waals surface area contributed by atoms with Crippen molar-refractivity contribution in [1.82, 2.24) is 10.2 Å². The van der Waals surface area contributed by atoms with E-state index in [2.05, 4.69) is 10.1 Å². The molecule has 0 saturated carbocycles. The van der Waals surface area contributed by atoms with E-state index in [1.807, 2.05) is 0 Å². The third-order valence-electron chi connectivity index (χ3n) is 3.92. The van der Waals surface area contributed by atoms with Gasteiger partial charge in [-0.2, -0.15) is 13.2 Å². The summed E-state index contributed by atoms with van der Waals surface area (Å²) in [7, 11) is 0.649. The molecule has 26 heavy (non-hydrogen) atoms. The molecule has 2 amide bonds. The lowest BCUT2D eigenvalue weighted by Crippen LogP contribution is -2.73. The van der Waals surface area contributed by atoms with Crippen molar-refractivity contribution in [3.63, 3.8) is 0 Å². The highest BCUT2D eigenvalue weighted by Crippen LogP contribution is 2.47. The maximum Gasteiger partial charge on any atom is 0.437 e. The number of halogens is 3. The summed E-state index contributed by atoms with van der Waals surface area (Å²) in [5.74, 6) is -5.19. The van der Waals surface area contributed by atoms with Gasteiger partial charge in [0.2, 0.25) is 0 Å². The zero-order valence-corrected chi connectivity index (χ0v) is 13.4. The molecular formula is C13H14F3N3O7. The van der Waals surface area contributed by atoms with Crippen molar-refractivity contribution in [2.75, 3.05) is 13.7 Å². The summed E-state index contributed by atoms with van der Waals surface area (Å²) in [6.45, 7) is 1.04. The topological polar surface area (TPSA) is 135 Å². The van der Waals surface area contributed by atoms with Gasteiger partial charge in [0.15, 0.2) is 0 Å². The first kappa shape index (κ1) is 19.5. The van der Waals surface area contributed by atoms with Crippen LogP contribution in [0.15, 0.2) is 16.5 Å². The van der Waals surface area contributed by atoms with Crippen molar-refractivity contribution in [3.05, 3.63) is 28.0 Å². The maximum absolute atomic E-state index is 13.6. The summed E-state index contributed by atoms with van der Waals surface area (Å²) >= 11 is 0. The molecule has 13 heteroatoms. The normalized spacial score (nSPS) is 26.4. The fourth-order valence-electron chi connectivity index (χ4n) is 2.65. The number of aliphatic hydroxyl groups is 1. The van der Waals surface area contributed by atoms with Gasteiger partial charge in [-0.15, -0.1) is 0 Å². The second kappa shape index (κ2) is 6.48. The van der Waals surface area contributed by atoms with Crippen LogP contribution in [0.3, 0.4) is 0 Å². The number of hydrogen-bond donors (Lipinski definition) is 2. The summed E-state index contributed by atoms with van der Waals surface area (Å²) in [6, 6.07) is -1.45. The molecule has 0 radical (unpaired) electrons. The van der Waals surface area contributed by atoms with E-state index in [1.54, 1.807) is 0 Å². The van der Waals surface area contributed by atoms with Crippen LogP contribution in [0.1, 0.15) is 18.7 Å². The molecule has 1 aromatic rings. The second-order valence-corrected chi connectivity index (χ2v) is 5.37. The SMILES string of the molecule is CCOC(=O)[C@@H]1[C@@H](c2ccc([N+](=O)[O-])o2)NC(=O)N(C)[C@]1(O)C(F)(F)F. The molecule has 0 aliphatic carbocycles. The van der Waals surface area contributed by atoms with Crippen LogP contribution in [-0.4, -0.2) is 52.5 Å². The number of hydrogen-bond acceptors (Lipinski definition) is 7. The Labute approximate surface area is 143 Å². The Morgan fingerprint density at radius 3 is 2.62 bits per heavy atom. The van der Waals surface area contributed by atoms with Crippen molar-refractivity contribution in [2.24, 2.45) is 5.92 Å². The minimum atomic E-state index is -5.44. The Hall–Kier alpha value is -2.83. The summed E-state index contributed by atoms with van der Waals surface area (Å²) in [5, 5.41) is 23.1. The van der Waals surface area contributed by atoms with Crippen LogP contribution in [-0.2, 0) is 9.53 Å². The standard InChI is InChI=1S/C13H14F3N3O7/c1-3-25-10(20)8-9(6-4-5-7(26-6)19(23)24)17-11(21)18(2)12(8,22)13(14,15)16/h4-5,8-9,22H,3H2,1-2H3,(H,17,21)/t8-,9+,12+/m0/s1. The average Bonchev–Trinajstić information content (AvgIpc) is 3.01. The first-order valence-corrected chi connectivity index (χ1v) is 7.19. The summed E-state index contributed by atoms with van der Waals surface area (Å²) in [4.78, 5) is 33.8. The van der Waals surface area contributed by atoms with E-state index in [0.717, 1.165) is 12.1 Å². The number of nitrogens with zero attached hydrogens (tertiary/aromatic N) is 2. The van der Waals surface area contributed by atoms with Gasteiger partial charge >= 0.3 is 24.1 Å². The number of esters is 1. The highest BCUT2D eigenvalue weighted by Gasteiger charge is 2.70. The summed E-state index contributed by atoms with van der Waals surface area (Å²) < 4.78 is 50.2. The molecule has 1 aliphatic rings. The fraction of sp³-hybridized carbons (Fsp3) is 0.538. The Morgan fingerprint density at radius 2 is 2.15 bits per heavy atom. The number of nitrogens with one attached hydrogen (secondary N) is 1. The zero-order valence-electron chi connectivity index (χ0n) is 13.4. The fourth-order valence-corrected chi connectivity index (χ4v) is 2.65. The smallest absolute Gasteiger partial charge is 0.437 e. The van der Waals surface area contributed by atoms with E-state index < -0.39 is 52.4 Å². The molecule has 10 nitrogen and oxygen atoms in total. The van der Waals surface area contributed by atoms with Crippen LogP contribution in [0, 0.1) is 16.0 Å². The molecule has 0 bridgehead atoms. The summed E-state index contributed by atoms with van der Waals surface area (Å²) in [5.41, 5.74) is -3.92. The van der Waals surface area contributed by atoms with Crippen molar-refractivity contribution >= 4 is 17.9 Å². The minimum Gasteiger partial charge on any atom is -0.466 e. The Bertz CT molecular complexity index is 735. The van der Waals surface area contributed by atoms with Crippen LogP contribution in [0.25, 0.3) is 0 Å². The lowest BCUT2D eigenvalue weighted by Gasteiger charge is -2.48. The molecule has 3 atom stereocenters. The largest absolute Gasteiger partial charge is 0.466 e. The molecule has 2 heterocycles. The van der Waals surface area contributed by atoms with E-state index in [9.17, 15) is 38.0 Å². The monoisotopic (exact) mass is 381 g/mol. The lowest BCUT2D eigenvalue weighted by molar-refractivity contribution is -0.402. The molecule has 0 unspecified atom stereocenters. The molecule has 1 saturated heterocycles. The first-order valence-electron chi connectivity index (χ1n) is 7.19. The van der Waals surface area contributed by atoms with Gasteiger partial charge in [-0.3, -0.25) is 19.8 Å². The summed E-state index contributed by atoms with van der Waals surface area (Å²) in [6.07, 6.45) is -5.44. The van der Waals surface area contributed by atoms with E-state index >= 15 is 0 Å². The van der Waals surface area contributed by atoms with Gasteiger partial charge in [-0.1, -0.05) is 0 Å². The van der Waals surface area contributed by atoms with Crippen molar-refractivity contribution in [1.29, 1.82) is 0 Å². The molecule has 1 fully saturated rings. The van der Waals surface area contributed by atoms with Gasteiger partial charge in [0, 0.05) is 7.05 Å². The van der Waals surface area contributed by atoms with Gasteiger partial charge in [0.1, 0.15) is 22.6 Å². The van der Waals surface area contributed by atoms with Crippen LogP contribution in [0.5, 0.6) is 0 Å². The Kier molecular flexibility index (Phi) is 4.86. The molecule has 0 spiro atoms. The third kappa shape index (κ3) is 2.94. The predicted molar refractivity (Wildman–Crippen MR) is 75.5 cm³/mol. The molecule has 1 aromatic heterocycles. The number of carbonyl (C=O) groups excluding carboxylic acids is 2. The number of amides is 2. The number of nitro groups is 1. The van der Waals surface area contributed by atoms with Gasteiger partial charge < -0.3 is 19.6 Å². The Morgan fingerprint density at radius 1 is 1.54 bits per heavy atom. The molecular weight excluding hydrogens is 367 g/mol. The number of carbonyl (C=O) groups is 2. The second-order valence-electron chi connectivity index (χ2n) is 5.37. The highest BCUT2D eigenvalue weighted by molar-refractivity contribution is 5.83. The van der Waals surface area contributed by atoms with E-state index in [-0.39, 0.29) is 11.5 Å². The van der Waals surface area contributed by atoms with Crippen LogP contribution in [0.2, 0.25) is 0 Å². The molecule has 1 aliphatic heterocycles. The number of rotatable bonds is 4. The first-order chi connectivity index (χ1) is 11.9. The van der Waals surface area contributed by atoms with E-state index in [1.165, 1.54) is 6.92 Å². The average molecular weight is 381 g/mol.